The molecule has 1 saturated heterocycles. The lowest BCUT2D eigenvalue weighted by Crippen LogP contribution is -2.38. The van der Waals surface area contributed by atoms with Gasteiger partial charge in [-0.15, -0.1) is 0 Å². The molecule has 2 N–H and O–H groups in total. The van der Waals surface area contributed by atoms with E-state index in [9.17, 15) is 0 Å². The van der Waals surface area contributed by atoms with Gasteiger partial charge in [-0.2, -0.15) is 0 Å². The first-order valence-electron chi connectivity index (χ1n) is 5.69. The van der Waals surface area contributed by atoms with Gasteiger partial charge in [0.2, 0.25) is 0 Å². The summed E-state index contributed by atoms with van der Waals surface area (Å²) >= 11 is 0. The first kappa shape index (κ1) is 12.0. The van der Waals surface area contributed by atoms with E-state index in [-0.39, 0.29) is 0 Å². The highest BCUT2D eigenvalue weighted by Crippen LogP contribution is 2.16. The van der Waals surface area contributed by atoms with Crippen molar-refractivity contribution in [3.05, 3.63) is 0 Å². The molecule has 1 aliphatic heterocycles. The number of nitrogens with one attached hydrogen (secondary N) is 2. The van der Waals surface area contributed by atoms with E-state index in [1.165, 1.54) is 6.42 Å². The fraction of sp³-hybridized carbons (Fsp3) is 1.00. The van der Waals surface area contributed by atoms with Crippen molar-refractivity contribution >= 4 is 0 Å². The molecule has 0 spiro atoms. The van der Waals surface area contributed by atoms with Crippen LogP contribution in [0.3, 0.4) is 0 Å². The summed E-state index contributed by atoms with van der Waals surface area (Å²) < 4.78 is 5.38. The first-order chi connectivity index (χ1) is 6.74. The third kappa shape index (κ3) is 3.95. The van der Waals surface area contributed by atoms with E-state index < -0.39 is 0 Å². The molecule has 1 fully saturated rings. The molecule has 3 unspecified atom stereocenters. The van der Waals surface area contributed by atoms with Crippen LogP contribution in [-0.2, 0) is 4.74 Å². The Labute approximate surface area is 87.6 Å². The van der Waals surface area contributed by atoms with E-state index in [1.807, 2.05) is 7.05 Å². The van der Waals surface area contributed by atoms with Gasteiger partial charge in [-0.25, -0.2) is 0 Å². The molecule has 1 heterocycles. The Kier molecular flexibility index (Phi) is 5.45. The summed E-state index contributed by atoms with van der Waals surface area (Å²) in [5, 5.41) is 6.79. The number of rotatable bonds is 6. The van der Waals surface area contributed by atoms with Crippen LogP contribution in [0, 0.1) is 11.8 Å². The average Bonchev–Trinajstić information content (AvgIpc) is 2.67. The van der Waals surface area contributed by atoms with Gasteiger partial charge in [0.1, 0.15) is 0 Å². The zero-order chi connectivity index (χ0) is 10.4. The summed E-state index contributed by atoms with van der Waals surface area (Å²) in [6.45, 7) is 8.60. The van der Waals surface area contributed by atoms with Crippen molar-refractivity contribution < 1.29 is 4.74 Å². The maximum Gasteiger partial charge on any atom is 0.0509 e. The third-order valence-electron chi connectivity index (χ3n) is 3.01. The predicted octanol–water partition coefficient (Wildman–Crippen LogP) is 0.856. The van der Waals surface area contributed by atoms with E-state index in [4.69, 9.17) is 4.74 Å². The standard InChI is InChI=1S/C11H24N2O/c1-9(6-12-3)7-13-10(2)11-4-5-14-8-11/h9-13H,4-8H2,1-3H3. The van der Waals surface area contributed by atoms with Crippen LogP contribution in [0.2, 0.25) is 0 Å². The SMILES string of the molecule is CNCC(C)CNC(C)C1CCOC1. The van der Waals surface area contributed by atoms with Crippen molar-refractivity contribution in [1.82, 2.24) is 10.6 Å². The molecular weight excluding hydrogens is 176 g/mol. The van der Waals surface area contributed by atoms with Gasteiger partial charge in [0.05, 0.1) is 6.61 Å². The van der Waals surface area contributed by atoms with E-state index in [0.29, 0.717) is 12.0 Å². The number of hydrogen-bond acceptors (Lipinski definition) is 3. The van der Waals surface area contributed by atoms with Crippen LogP contribution in [0.4, 0.5) is 0 Å². The number of ether oxygens (including phenoxy) is 1. The van der Waals surface area contributed by atoms with Gasteiger partial charge >= 0.3 is 0 Å². The van der Waals surface area contributed by atoms with Crippen LogP contribution in [-0.4, -0.2) is 39.4 Å². The second-order valence-electron chi connectivity index (χ2n) is 4.48. The molecule has 84 valence electrons. The van der Waals surface area contributed by atoms with Crippen LogP contribution >= 0.6 is 0 Å². The minimum atomic E-state index is 0.594. The van der Waals surface area contributed by atoms with Gasteiger partial charge in [-0.1, -0.05) is 6.92 Å². The summed E-state index contributed by atoms with van der Waals surface area (Å²) in [7, 11) is 2.00. The predicted molar refractivity (Wildman–Crippen MR) is 59.5 cm³/mol. The lowest BCUT2D eigenvalue weighted by atomic mass is 10.00. The Morgan fingerprint density at radius 2 is 2.14 bits per heavy atom. The second kappa shape index (κ2) is 6.38. The van der Waals surface area contributed by atoms with Gasteiger partial charge in [0.25, 0.3) is 0 Å². The molecule has 0 amide bonds. The van der Waals surface area contributed by atoms with Gasteiger partial charge in [-0.05, 0) is 45.3 Å². The summed E-state index contributed by atoms with van der Waals surface area (Å²) in [4.78, 5) is 0. The summed E-state index contributed by atoms with van der Waals surface area (Å²) in [5.41, 5.74) is 0. The summed E-state index contributed by atoms with van der Waals surface area (Å²) in [6, 6.07) is 0.594. The van der Waals surface area contributed by atoms with E-state index >= 15 is 0 Å². The van der Waals surface area contributed by atoms with Crippen LogP contribution in [0.25, 0.3) is 0 Å². The number of hydrogen-bond donors (Lipinski definition) is 2. The van der Waals surface area contributed by atoms with Crippen LogP contribution < -0.4 is 10.6 Å². The Hall–Kier alpha value is -0.120. The van der Waals surface area contributed by atoms with E-state index in [2.05, 4.69) is 24.5 Å². The van der Waals surface area contributed by atoms with Crippen molar-refractivity contribution in [2.45, 2.75) is 26.3 Å². The zero-order valence-electron chi connectivity index (χ0n) is 9.68. The van der Waals surface area contributed by atoms with Gasteiger partial charge in [0.15, 0.2) is 0 Å². The molecule has 0 radical (unpaired) electrons. The van der Waals surface area contributed by atoms with Gasteiger partial charge < -0.3 is 15.4 Å². The largest absolute Gasteiger partial charge is 0.381 e. The molecule has 0 aromatic heterocycles. The smallest absolute Gasteiger partial charge is 0.0509 e. The molecular formula is C11H24N2O. The van der Waals surface area contributed by atoms with Crippen LogP contribution in [0.15, 0.2) is 0 Å². The van der Waals surface area contributed by atoms with E-state index in [0.717, 1.165) is 32.2 Å². The molecule has 0 aromatic carbocycles. The maximum atomic E-state index is 5.38. The second-order valence-corrected chi connectivity index (χ2v) is 4.48. The fourth-order valence-electron chi connectivity index (χ4n) is 1.92. The normalized spacial score (nSPS) is 26.4. The zero-order valence-corrected chi connectivity index (χ0v) is 9.68. The maximum absolute atomic E-state index is 5.38. The van der Waals surface area contributed by atoms with Crippen molar-refractivity contribution in [3.63, 3.8) is 0 Å². The Bertz CT molecular complexity index is 146. The van der Waals surface area contributed by atoms with Crippen LogP contribution in [0.1, 0.15) is 20.3 Å². The minimum Gasteiger partial charge on any atom is -0.381 e. The molecule has 3 heteroatoms. The molecule has 3 atom stereocenters. The fourth-order valence-corrected chi connectivity index (χ4v) is 1.92. The lowest BCUT2D eigenvalue weighted by molar-refractivity contribution is 0.177. The van der Waals surface area contributed by atoms with E-state index in [1.54, 1.807) is 0 Å². The first-order valence-corrected chi connectivity index (χ1v) is 5.69. The summed E-state index contributed by atoms with van der Waals surface area (Å²) in [6.07, 6.45) is 1.22. The Morgan fingerprint density at radius 1 is 1.36 bits per heavy atom. The minimum absolute atomic E-state index is 0.594. The molecule has 14 heavy (non-hydrogen) atoms. The Balaban J connectivity index is 2.10. The summed E-state index contributed by atoms with van der Waals surface area (Å²) in [5.74, 6) is 1.42. The van der Waals surface area contributed by atoms with Gasteiger partial charge in [0, 0.05) is 12.6 Å². The highest BCUT2D eigenvalue weighted by Gasteiger charge is 2.21. The molecule has 0 bridgehead atoms. The van der Waals surface area contributed by atoms with Gasteiger partial charge in [-0.3, -0.25) is 0 Å². The molecule has 1 rings (SSSR count). The topological polar surface area (TPSA) is 33.3 Å². The van der Waals surface area contributed by atoms with Crippen molar-refractivity contribution in [3.8, 4) is 0 Å². The molecule has 1 aliphatic rings. The van der Waals surface area contributed by atoms with Crippen molar-refractivity contribution in [2.75, 3.05) is 33.4 Å². The Morgan fingerprint density at radius 3 is 2.71 bits per heavy atom. The van der Waals surface area contributed by atoms with Crippen molar-refractivity contribution in [1.29, 1.82) is 0 Å². The highest BCUT2D eigenvalue weighted by molar-refractivity contribution is 4.76. The molecule has 0 saturated carbocycles. The van der Waals surface area contributed by atoms with Crippen LogP contribution in [0.5, 0.6) is 0 Å². The lowest BCUT2D eigenvalue weighted by Gasteiger charge is -2.21. The molecule has 3 nitrogen and oxygen atoms in total. The molecule has 0 aliphatic carbocycles. The third-order valence-corrected chi connectivity index (χ3v) is 3.01. The van der Waals surface area contributed by atoms with Crippen molar-refractivity contribution in [2.24, 2.45) is 11.8 Å². The monoisotopic (exact) mass is 200 g/mol. The highest BCUT2D eigenvalue weighted by atomic mass is 16.5. The average molecular weight is 200 g/mol. The molecule has 0 aromatic rings. The quantitative estimate of drug-likeness (QED) is 0.667.